The second-order valence-electron chi connectivity index (χ2n) is 4.83. The third-order valence-corrected chi connectivity index (χ3v) is 3.93. The Labute approximate surface area is 101 Å². The molecule has 1 aliphatic carbocycles. The number of ketones is 1. The molecule has 0 bridgehead atoms. The number of pyridine rings is 1. The highest BCUT2D eigenvalue weighted by molar-refractivity contribution is 6.31. The summed E-state index contributed by atoms with van der Waals surface area (Å²) in [5.74, 6) is 0.318. The molecule has 0 atom stereocenters. The molecule has 0 saturated heterocycles. The smallest absolute Gasteiger partial charge is 0.143 e. The number of carbonyl (C=O) groups is 1. The van der Waals surface area contributed by atoms with Gasteiger partial charge in [0, 0.05) is 24.2 Å². The molecule has 1 saturated carbocycles. The fourth-order valence-electron chi connectivity index (χ4n) is 2.37. The van der Waals surface area contributed by atoms with Gasteiger partial charge in [-0.2, -0.15) is 0 Å². The molecule has 0 aliphatic heterocycles. The van der Waals surface area contributed by atoms with E-state index in [0.717, 1.165) is 18.4 Å². The molecule has 1 aromatic rings. The molecule has 1 aliphatic rings. The summed E-state index contributed by atoms with van der Waals surface area (Å²) >= 11 is 6.01. The lowest BCUT2D eigenvalue weighted by Crippen LogP contribution is -2.26. The van der Waals surface area contributed by atoms with E-state index in [4.69, 9.17) is 11.6 Å². The monoisotopic (exact) mass is 237 g/mol. The van der Waals surface area contributed by atoms with E-state index in [1.807, 2.05) is 6.07 Å². The highest BCUT2D eigenvalue weighted by Crippen LogP contribution is 2.39. The van der Waals surface area contributed by atoms with Crippen LogP contribution >= 0.6 is 11.6 Å². The summed E-state index contributed by atoms with van der Waals surface area (Å²) in [7, 11) is 0. The predicted octanol–water partition coefficient (Wildman–Crippen LogP) is 3.43. The van der Waals surface area contributed by atoms with Gasteiger partial charge in [-0.15, -0.1) is 0 Å². The van der Waals surface area contributed by atoms with Crippen molar-refractivity contribution in [1.82, 2.24) is 4.98 Å². The van der Waals surface area contributed by atoms with E-state index in [1.165, 1.54) is 12.8 Å². The number of aromatic nitrogens is 1. The van der Waals surface area contributed by atoms with E-state index >= 15 is 0 Å². The first kappa shape index (κ1) is 11.6. The Kier molecular flexibility index (Phi) is 3.29. The molecule has 2 rings (SSSR count). The van der Waals surface area contributed by atoms with Crippen molar-refractivity contribution in [2.75, 3.05) is 0 Å². The van der Waals surface area contributed by atoms with Crippen LogP contribution in [0.1, 0.15) is 38.2 Å². The van der Waals surface area contributed by atoms with Crippen LogP contribution in [0.25, 0.3) is 0 Å². The van der Waals surface area contributed by atoms with Crippen LogP contribution in [-0.2, 0) is 11.2 Å². The third kappa shape index (κ3) is 2.27. The number of hydrogen-bond acceptors (Lipinski definition) is 2. The lowest BCUT2D eigenvalue weighted by Gasteiger charge is -2.21. The Morgan fingerprint density at radius 2 is 2.19 bits per heavy atom. The average Bonchev–Trinajstić information content (AvgIpc) is 2.70. The van der Waals surface area contributed by atoms with Gasteiger partial charge in [0.2, 0.25) is 0 Å². The van der Waals surface area contributed by atoms with Crippen LogP contribution in [0, 0.1) is 5.41 Å². The molecule has 0 radical (unpaired) electrons. The Morgan fingerprint density at radius 3 is 2.81 bits per heavy atom. The van der Waals surface area contributed by atoms with Crippen LogP contribution in [0.4, 0.5) is 0 Å². The van der Waals surface area contributed by atoms with Gasteiger partial charge in [0.25, 0.3) is 0 Å². The van der Waals surface area contributed by atoms with Gasteiger partial charge in [-0.05, 0) is 24.5 Å². The molecule has 1 fully saturated rings. The van der Waals surface area contributed by atoms with Crippen molar-refractivity contribution >= 4 is 17.4 Å². The Hall–Kier alpha value is -0.890. The van der Waals surface area contributed by atoms with Gasteiger partial charge >= 0.3 is 0 Å². The number of rotatable bonds is 3. The van der Waals surface area contributed by atoms with Gasteiger partial charge in [0.15, 0.2) is 0 Å². The predicted molar refractivity (Wildman–Crippen MR) is 64.5 cm³/mol. The quantitative estimate of drug-likeness (QED) is 0.806. The van der Waals surface area contributed by atoms with E-state index in [9.17, 15) is 4.79 Å². The molecule has 0 unspecified atom stereocenters. The van der Waals surface area contributed by atoms with E-state index in [-0.39, 0.29) is 5.41 Å². The fraction of sp³-hybridized carbons (Fsp3) is 0.538. The zero-order valence-corrected chi connectivity index (χ0v) is 10.3. The van der Waals surface area contributed by atoms with Crippen LogP contribution in [0.5, 0.6) is 0 Å². The summed E-state index contributed by atoms with van der Waals surface area (Å²) < 4.78 is 0. The van der Waals surface area contributed by atoms with Crippen molar-refractivity contribution in [3.63, 3.8) is 0 Å². The minimum absolute atomic E-state index is 0.118. The molecule has 0 N–H and O–H groups in total. The van der Waals surface area contributed by atoms with Gasteiger partial charge in [-0.1, -0.05) is 31.4 Å². The molecule has 16 heavy (non-hydrogen) atoms. The summed E-state index contributed by atoms with van der Waals surface area (Å²) in [5, 5.41) is 0.595. The molecule has 3 heteroatoms. The highest BCUT2D eigenvalue weighted by atomic mass is 35.5. The standard InChI is InChI=1S/C13H16ClNO/c1-13(5-2-3-6-13)12(16)8-10-4-7-15-9-11(10)14/h4,7,9H,2-3,5-6,8H2,1H3. The summed E-state index contributed by atoms with van der Waals surface area (Å²) in [6, 6.07) is 1.83. The summed E-state index contributed by atoms with van der Waals surface area (Å²) in [4.78, 5) is 16.1. The van der Waals surface area contributed by atoms with Crippen LogP contribution in [0.15, 0.2) is 18.5 Å². The number of carbonyl (C=O) groups excluding carboxylic acids is 1. The van der Waals surface area contributed by atoms with Crippen molar-refractivity contribution in [3.05, 3.63) is 29.0 Å². The zero-order valence-electron chi connectivity index (χ0n) is 9.50. The van der Waals surface area contributed by atoms with E-state index in [2.05, 4.69) is 11.9 Å². The molecule has 1 aromatic heterocycles. The lowest BCUT2D eigenvalue weighted by atomic mass is 9.81. The third-order valence-electron chi connectivity index (χ3n) is 3.59. The lowest BCUT2D eigenvalue weighted by molar-refractivity contribution is -0.126. The largest absolute Gasteiger partial charge is 0.299 e. The molecular formula is C13H16ClNO. The van der Waals surface area contributed by atoms with Crippen molar-refractivity contribution in [2.45, 2.75) is 39.0 Å². The molecule has 2 nitrogen and oxygen atoms in total. The van der Waals surface area contributed by atoms with E-state index in [0.29, 0.717) is 17.2 Å². The second kappa shape index (κ2) is 4.54. The Morgan fingerprint density at radius 1 is 1.50 bits per heavy atom. The number of hydrogen-bond donors (Lipinski definition) is 0. The van der Waals surface area contributed by atoms with Crippen LogP contribution in [0.2, 0.25) is 5.02 Å². The zero-order chi connectivity index (χ0) is 11.6. The second-order valence-corrected chi connectivity index (χ2v) is 5.24. The first-order chi connectivity index (χ1) is 7.62. The molecule has 0 aromatic carbocycles. The van der Waals surface area contributed by atoms with Gasteiger partial charge in [0.05, 0.1) is 5.02 Å². The molecule has 86 valence electrons. The van der Waals surface area contributed by atoms with Crippen molar-refractivity contribution in [1.29, 1.82) is 0 Å². The first-order valence-electron chi connectivity index (χ1n) is 5.73. The topological polar surface area (TPSA) is 30.0 Å². The van der Waals surface area contributed by atoms with Crippen molar-refractivity contribution in [2.24, 2.45) is 5.41 Å². The minimum Gasteiger partial charge on any atom is -0.299 e. The summed E-state index contributed by atoms with van der Waals surface area (Å²) in [5.41, 5.74) is 0.780. The van der Waals surface area contributed by atoms with Crippen molar-refractivity contribution < 1.29 is 4.79 Å². The number of Topliss-reactive ketones (excluding diaryl/α,β-unsaturated/α-hetero) is 1. The van der Waals surface area contributed by atoms with Crippen molar-refractivity contribution in [3.8, 4) is 0 Å². The Bertz CT molecular complexity index is 397. The van der Waals surface area contributed by atoms with Gasteiger partial charge in [0.1, 0.15) is 5.78 Å². The van der Waals surface area contributed by atoms with E-state index in [1.54, 1.807) is 12.4 Å². The highest BCUT2D eigenvalue weighted by Gasteiger charge is 2.35. The number of halogens is 1. The van der Waals surface area contributed by atoms with Gasteiger partial charge in [-0.3, -0.25) is 9.78 Å². The molecule has 1 heterocycles. The fourth-order valence-corrected chi connectivity index (χ4v) is 2.55. The molecule has 0 spiro atoms. The van der Waals surface area contributed by atoms with Gasteiger partial charge < -0.3 is 0 Å². The summed E-state index contributed by atoms with van der Waals surface area (Å²) in [6.07, 6.45) is 8.12. The van der Waals surface area contributed by atoms with Crippen LogP contribution < -0.4 is 0 Å². The van der Waals surface area contributed by atoms with E-state index < -0.39 is 0 Å². The molecule has 0 amide bonds. The minimum atomic E-state index is -0.118. The number of nitrogens with zero attached hydrogens (tertiary/aromatic N) is 1. The van der Waals surface area contributed by atoms with Gasteiger partial charge in [-0.25, -0.2) is 0 Å². The maximum absolute atomic E-state index is 12.2. The SMILES string of the molecule is CC1(C(=O)Cc2ccncc2Cl)CCCC1. The summed E-state index contributed by atoms with van der Waals surface area (Å²) in [6.45, 7) is 2.08. The first-order valence-corrected chi connectivity index (χ1v) is 6.11. The van der Waals surface area contributed by atoms with Crippen LogP contribution in [-0.4, -0.2) is 10.8 Å². The normalized spacial score (nSPS) is 18.6. The maximum Gasteiger partial charge on any atom is 0.143 e. The average molecular weight is 238 g/mol. The maximum atomic E-state index is 12.2. The molecular weight excluding hydrogens is 222 g/mol. The van der Waals surface area contributed by atoms with Crippen LogP contribution in [0.3, 0.4) is 0 Å². The Balaban J connectivity index is 2.10.